The lowest BCUT2D eigenvalue weighted by atomic mass is 10.0. The van der Waals surface area contributed by atoms with Crippen LogP contribution >= 0.6 is 0 Å². The lowest BCUT2D eigenvalue weighted by Gasteiger charge is -2.32. The van der Waals surface area contributed by atoms with Gasteiger partial charge in [0.05, 0.1) is 6.61 Å². The molecule has 122 valence electrons. The molecule has 1 amide bonds. The number of methoxy groups -OCH3 is 1. The minimum atomic E-state index is 0.112. The molecule has 1 aliphatic rings. The zero-order valence-corrected chi connectivity index (χ0v) is 14.0. The van der Waals surface area contributed by atoms with Gasteiger partial charge in [0.2, 0.25) is 0 Å². The Morgan fingerprint density at radius 3 is 2.59 bits per heavy atom. The van der Waals surface area contributed by atoms with Crippen molar-refractivity contribution >= 4 is 5.91 Å². The molecule has 1 aromatic carbocycles. The van der Waals surface area contributed by atoms with Crippen LogP contribution in [0.3, 0.4) is 0 Å². The maximum absolute atomic E-state index is 12.9. The molecule has 1 aliphatic carbocycles. The van der Waals surface area contributed by atoms with Crippen LogP contribution in [-0.2, 0) is 4.74 Å². The molecule has 1 unspecified atom stereocenters. The first kappa shape index (κ1) is 16.8. The number of carbonyl (C=O) groups is 1. The molecule has 0 saturated heterocycles. The highest BCUT2D eigenvalue weighted by Crippen LogP contribution is 2.32. The van der Waals surface area contributed by atoms with Gasteiger partial charge in [-0.1, -0.05) is 19.9 Å². The van der Waals surface area contributed by atoms with E-state index in [-0.39, 0.29) is 11.9 Å². The minimum absolute atomic E-state index is 0.112. The van der Waals surface area contributed by atoms with Crippen molar-refractivity contribution < 1.29 is 14.3 Å². The van der Waals surface area contributed by atoms with Gasteiger partial charge in [-0.2, -0.15) is 0 Å². The van der Waals surface area contributed by atoms with E-state index in [1.54, 1.807) is 7.11 Å². The predicted molar refractivity (Wildman–Crippen MR) is 87.3 cm³/mol. The van der Waals surface area contributed by atoms with E-state index in [1.807, 2.05) is 24.3 Å². The second-order valence-electron chi connectivity index (χ2n) is 6.30. The van der Waals surface area contributed by atoms with Crippen molar-refractivity contribution in [2.75, 3.05) is 20.3 Å². The van der Waals surface area contributed by atoms with E-state index in [4.69, 9.17) is 9.47 Å². The summed E-state index contributed by atoms with van der Waals surface area (Å²) in [5, 5.41) is 0. The number of hydrogen-bond donors (Lipinski definition) is 0. The van der Waals surface area contributed by atoms with Crippen molar-refractivity contribution in [2.45, 2.75) is 45.7 Å². The van der Waals surface area contributed by atoms with Crippen LogP contribution in [0, 0.1) is 5.92 Å². The summed E-state index contributed by atoms with van der Waals surface area (Å²) in [5.74, 6) is 1.28. The van der Waals surface area contributed by atoms with Crippen LogP contribution in [0.15, 0.2) is 24.3 Å². The summed E-state index contributed by atoms with van der Waals surface area (Å²) in [7, 11) is 1.64. The average Bonchev–Trinajstić information content (AvgIpc) is 3.32. The Hall–Kier alpha value is -1.55. The van der Waals surface area contributed by atoms with Gasteiger partial charge in [-0.3, -0.25) is 4.79 Å². The molecule has 4 heteroatoms. The lowest BCUT2D eigenvalue weighted by molar-refractivity contribution is 0.0627. The van der Waals surface area contributed by atoms with Crippen molar-refractivity contribution in [2.24, 2.45) is 5.92 Å². The van der Waals surface area contributed by atoms with Crippen LogP contribution in [-0.4, -0.2) is 43.2 Å². The van der Waals surface area contributed by atoms with Gasteiger partial charge in [0.15, 0.2) is 0 Å². The number of rotatable bonds is 8. The molecule has 1 saturated carbocycles. The Labute approximate surface area is 133 Å². The lowest BCUT2D eigenvalue weighted by Crippen LogP contribution is -2.43. The summed E-state index contributed by atoms with van der Waals surface area (Å²) in [6, 6.07) is 8.11. The first-order valence-electron chi connectivity index (χ1n) is 8.09. The fraction of sp³-hybridized carbons (Fsp3) is 0.611. The average molecular weight is 305 g/mol. The quantitative estimate of drug-likeness (QED) is 0.691. The minimum Gasteiger partial charge on any atom is -0.491 e. The van der Waals surface area contributed by atoms with Gasteiger partial charge >= 0.3 is 0 Å². The molecule has 1 atom stereocenters. The van der Waals surface area contributed by atoms with Gasteiger partial charge in [0.1, 0.15) is 12.4 Å². The van der Waals surface area contributed by atoms with E-state index in [0.717, 1.165) is 18.6 Å². The van der Waals surface area contributed by atoms with E-state index < -0.39 is 0 Å². The van der Waals surface area contributed by atoms with E-state index in [2.05, 4.69) is 25.7 Å². The van der Waals surface area contributed by atoms with Crippen molar-refractivity contribution in [3.8, 4) is 5.75 Å². The number of carbonyl (C=O) groups excluding carboxylic acids is 1. The fourth-order valence-corrected chi connectivity index (χ4v) is 2.47. The molecule has 0 bridgehead atoms. The monoisotopic (exact) mass is 305 g/mol. The zero-order valence-electron chi connectivity index (χ0n) is 14.0. The van der Waals surface area contributed by atoms with Crippen molar-refractivity contribution in [1.29, 1.82) is 0 Å². The largest absolute Gasteiger partial charge is 0.491 e. The molecular weight excluding hydrogens is 278 g/mol. The molecule has 0 N–H and O–H groups in total. The second-order valence-corrected chi connectivity index (χ2v) is 6.30. The van der Waals surface area contributed by atoms with Gasteiger partial charge in [-0.15, -0.1) is 0 Å². The van der Waals surface area contributed by atoms with Crippen molar-refractivity contribution in [3.63, 3.8) is 0 Å². The number of nitrogens with zero attached hydrogens (tertiary/aromatic N) is 1. The molecule has 0 aliphatic heterocycles. The van der Waals surface area contributed by atoms with E-state index in [1.165, 1.54) is 0 Å². The van der Waals surface area contributed by atoms with Gasteiger partial charge in [-0.05, 0) is 43.9 Å². The Kier molecular flexibility index (Phi) is 5.83. The van der Waals surface area contributed by atoms with E-state index in [9.17, 15) is 4.79 Å². The van der Waals surface area contributed by atoms with Gasteiger partial charge in [0.25, 0.3) is 5.91 Å². The number of benzene rings is 1. The summed E-state index contributed by atoms with van der Waals surface area (Å²) < 4.78 is 10.6. The fourth-order valence-electron chi connectivity index (χ4n) is 2.47. The summed E-state index contributed by atoms with van der Waals surface area (Å²) in [4.78, 5) is 15.0. The summed E-state index contributed by atoms with van der Waals surface area (Å²) in [6.07, 6.45) is 2.24. The summed E-state index contributed by atoms with van der Waals surface area (Å²) in [5.41, 5.74) is 0.703. The normalized spacial score (nSPS) is 15.7. The van der Waals surface area contributed by atoms with Crippen LogP contribution < -0.4 is 4.74 Å². The Balaban J connectivity index is 2.11. The molecule has 1 fully saturated rings. The molecule has 0 radical (unpaired) electrons. The van der Waals surface area contributed by atoms with Crippen LogP contribution in [0.25, 0.3) is 0 Å². The molecule has 2 rings (SSSR count). The Morgan fingerprint density at radius 2 is 2.00 bits per heavy atom. The third-order valence-electron chi connectivity index (χ3n) is 4.22. The molecule has 0 spiro atoms. The SMILES string of the molecule is COCCOc1cccc(C(=O)N(C2CC2)C(C)C(C)C)c1. The van der Waals surface area contributed by atoms with Gasteiger partial charge in [-0.25, -0.2) is 0 Å². The smallest absolute Gasteiger partial charge is 0.254 e. The first-order chi connectivity index (χ1) is 10.5. The maximum atomic E-state index is 12.9. The van der Waals surface area contributed by atoms with E-state index >= 15 is 0 Å². The highest BCUT2D eigenvalue weighted by Gasteiger charge is 2.37. The highest BCUT2D eigenvalue weighted by molar-refractivity contribution is 5.95. The van der Waals surface area contributed by atoms with Gasteiger partial charge < -0.3 is 14.4 Å². The highest BCUT2D eigenvalue weighted by atomic mass is 16.5. The molecule has 0 aromatic heterocycles. The summed E-state index contributed by atoms with van der Waals surface area (Å²) >= 11 is 0. The molecule has 4 nitrogen and oxygen atoms in total. The third kappa shape index (κ3) is 4.23. The standard InChI is InChI=1S/C18H27NO3/c1-13(2)14(3)19(16-8-9-16)18(20)15-6-5-7-17(12-15)22-11-10-21-4/h5-7,12-14,16H,8-11H2,1-4H3. The molecule has 22 heavy (non-hydrogen) atoms. The Bertz CT molecular complexity index is 497. The third-order valence-corrected chi connectivity index (χ3v) is 4.22. The maximum Gasteiger partial charge on any atom is 0.254 e. The predicted octanol–water partition coefficient (Wildman–Crippen LogP) is 3.36. The first-order valence-corrected chi connectivity index (χ1v) is 8.09. The number of ether oxygens (including phenoxy) is 2. The summed E-state index contributed by atoms with van der Waals surface area (Å²) in [6.45, 7) is 7.49. The second kappa shape index (κ2) is 7.63. The van der Waals surface area contributed by atoms with Crippen LogP contribution in [0.1, 0.15) is 44.0 Å². The van der Waals surface area contributed by atoms with Gasteiger partial charge in [0, 0.05) is 24.8 Å². The number of hydrogen-bond acceptors (Lipinski definition) is 3. The molecule has 0 heterocycles. The van der Waals surface area contributed by atoms with Crippen LogP contribution in [0.2, 0.25) is 0 Å². The van der Waals surface area contributed by atoms with Crippen LogP contribution in [0.4, 0.5) is 0 Å². The zero-order chi connectivity index (χ0) is 16.1. The van der Waals surface area contributed by atoms with Crippen molar-refractivity contribution in [1.82, 2.24) is 4.90 Å². The van der Waals surface area contributed by atoms with Crippen molar-refractivity contribution in [3.05, 3.63) is 29.8 Å². The Morgan fingerprint density at radius 1 is 1.27 bits per heavy atom. The number of amides is 1. The molecular formula is C18H27NO3. The topological polar surface area (TPSA) is 38.8 Å². The van der Waals surface area contributed by atoms with E-state index in [0.29, 0.717) is 30.7 Å². The van der Waals surface area contributed by atoms with Crippen LogP contribution in [0.5, 0.6) is 5.75 Å². The molecule has 1 aromatic rings.